The average Bonchev–Trinajstić information content (AvgIpc) is 3.45. The number of hydrogen-bond donors (Lipinski definition) is 1. The molecule has 2 aromatic carbocycles. The molecule has 3 heterocycles. The Balaban J connectivity index is 1.26. The van der Waals surface area contributed by atoms with E-state index in [2.05, 4.69) is 42.0 Å². The molecule has 1 aliphatic rings. The second-order valence-corrected chi connectivity index (χ2v) is 12.8. The van der Waals surface area contributed by atoms with Gasteiger partial charge in [0.25, 0.3) is 0 Å². The Kier molecular flexibility index (Phi) is 11.2. The first kappa shape index (κ1) is 34.0. The summed E-state index contributed by atoms with van der Waals surface area (Å²) in [5.41, 5.74) is 3.91. The number of carbonyl (C=O) groups is 2. The van der Waals surface area contributed by atoms with Crippen LogP contribution >= 0.6 is 0 Å². The van der Waals surface area contributed by atoms with Gasteiger partial charge in [0, 0.05) is 75.3 Å². The summed E-state index contributed by atoms with van der Waals surface area (Å²) in [7, 11) is 1.60. The highest BCUT2D eigenvalue weighted by molar-refractivity contribution is 5.97. The third-order valence-corrected chi connectivity index (χ3v) is 7.95. The predicted octanol–water partition coefficient (Wildman–Crippen LogP) is 5.19. The van der Waals surface area contributed by atoms with E-state index in [0.717, 1.165) is 61.7 Å². The number of pyridine rings is 1. The van der Waals surface area contributed by atoms with Crippen LogP contribution in [0.5, 0.6) is 17.2 Å². The molecule has 2 aromatic heterocycles. The van der Waals surface area contributed by atoms with Crippen molar-refractivity contribution in [2.75, 3.05) is 58.5 Å². The van der Waals surface area contributed by atoms with Crippen LogP contribution in [0.1, 0.15) is 44.6 Å². The van der Waals surface area contributed by atoms with Crippen LogP contribution in [0.2, 0.25) is 0 Å². The number of ketones is 1. The molecule has 0 unspecified atom stereocenters. The van der Waals surface area contributed by atoms with E-state index in [4.69, 9.17) is 24.0 Å². The third-order valence-electron chi connectivity index (χ3n) is 7.95. The predicted molar refractivity (Wildman–Crippen MR) is 181 cm³/mol. The van der Waals surface area contributed by atoms with Crippen molar-refractivity contribution in [3.8, 4) is 17.2 Å². The maximum atomic E-state index is 13.3. The molecular formula is C36H45N5O6. The highest BCUT2D eigenvalue weighted by Gasteiger charge is 2.22. The average molecular weight is 644 g/mol. The van der Waals surface area contributed by atoms with Crippen LogP contribution in [0.3, 0.4) is 0 Å². The van der Waals surface area contributed by atoms with E-state index in [1.54, 1.807) is 31.5 Å². The van der Waals surface area contributed by atoms with E-state index in [-0.39, 0.29) is 17.1 Å². The molecule has 250 valence electrons. The van der Waals surface area contributed by atoms with Crippen molar-refractivity contribution in [1.82, 2.24) is 19.7 Å². The lowest BCUT2D eigenvalue weighted by molar-refractivity contribution is -0.118. The zero-order chi connectivity index (χ0) is 33.4. The number of fused-ring (bicyclic) bond motifs is 1. The molecule has 1 N–H and O–H groups in total. The van der Waals surface area contributed by atoms with Gasteiger partial charge in [-0.15, -0.1) is 0 Å². The Morgan fingerprint density at radius 2 is 1.72 bits per heavy atom. The third kappa shape index (κ3) is 9.37. The fourth-order valence-electron chi connectivity index (χ4n) is 5.39. The van der Waals surface area contributed by atoms with Gasteiger partial charge in [-0.1, -0.05) is 32.9 Å². The second kappa shape index (κ2) is 15.5. The van der Waals surface area contributed by atoms with Gasteiger partial charge >= 0.3 is 0 Å². The van der Waals surface area contributed by atoms with Gasteiger partial charge in [-0.2, -0.15) is 5.10 Å². The number of amides is 1. The highest BCUT2D eigenvalue weighted by Crippen LogP contribution is 2.36. The number of rotatable bonds is 14. The fraction of sp³-hybridized carbons (Fsp3) is 0.444. The number of morpholine rings is 1. The SMILES string of the molecule is COCCOc1cc2nccc(Oc3ccc(CC(=O)Cc4cc(C(C)(C)C)nn4CCN4CCOCC4)cc3)c2cc1NC(C)=O. The van der Waals surface area contributed by atoms with Crippen molar-refractivity contribution in [1.29, 1.82) is 0 Å². The molecule has 4 aromatic rings. The summed E-state index contributed by atoms with van der Waals surface area (Å²) in [6.07, 6.45) is 2.30. The summed E-state index contributed by atoms with van der Waals surface area (Å²) < 4.78 is 24.7. The molecule has 47 heavy (non-hydrogen) atoms. The van der Waals surface area contributed by atoms with Crippen molar-refractivity contribution in [3.63, 3.8) is 0 Å². The van der Waals surface area contributed by atoms with Gasteiger partial charge in [0.15, 0.2) is 0 Å². The van der Waals surface area contributed by atoms with Crippen LogP contribution in [-0.4, -0.2) is 84.5 Å². The summed E-state index contributed by atoms with van der Waals surface area (Å²) in [5.74, 6) is 1.60. The van der Waals surface area contributed by atoms with Crippen molar-refractivity contribution >= 4 is 28.3 Å². The molecule has 0 spiro atoms. The number of nitrogens with one attached hydrogen (secondary N) is 1. The Hall–Kier alpha value is -4.32. The first-order valence-electron chi connectivity index (χ1n) is 16.1. The molecule has 1 aliphatic heterocycles. The van der Waals surface area contributed by atoms with E-state index < -0.39 is 0 Å². The molecule has 1 saturated heterocycles. The number of methoxy groups -OCH3 is 1. The number of benzene rings is 2. The molecule has 0 radical (unpaired) electrons. The smallest absolute Gasteiger partial charge is 0.221 e. The van der Waals surface area contributed by atoms with Crippen LogP contribution in [0, 0.1) is 0 Å². The van der Waals surface area contributed by atoms with Gasteiger partial charge < -0.3 is 24.3 Å². The molecule has 5 rings (SSSR count). The lowest BCUT2D eigenvalue weighted by Gasteiger charge is -2.26. The van der Waals surface area contributed by atoms with Crippen molar-refractivity contribution in [2.24, 2.45) is 0 Å². The zero-order valence-corrected chi connectivity index (χ0v) is 28.0. The highest BCUT2D eigenvalue weighted by atomic mass is 16.5. The van der Waals surface area contributed by atoms with E-state index in [1.807, 2.05) is 28.9 Å². The number of aromatic nitrogens is 3. The number of hydrogen-bond acceptors (Lipinski definition) is 9. The zero-order valence-electron chi connectivity index (χ0n) is 28.0. The van der Waals surface area contributed by atoms with Crippen LogP contribution in [0.15, 0.2) is 54.7 Å². The molecule has 0 saturated carbocycles. The van der Waals surface area contributed by atoms with E-state index in [9.17, 15) is 9.59 Å². The lowest BCUT2D eigenvalue weighted by atomic mass is 9.92. The first-order valence-corrected chi connectivity index (χ1v) is 16.1. The number of ether oxygens (including phenoxy) is 4. The normalized spacial score (nSPS) is 13.9. The molecule has 1 amide bonds. The number of carbonyl (C=O) groups excluding carboxylic acids is 2. The Morgan fingerprint density at radius 1 is 0.957 bits per heavy atom. The standard InChI is InChI=1S/C36H45N5O6/c1-25(42)38-32-23-30-31(24-34(32)46-19-18-44-5)37-11-10-33(30)47-29-8-6-26(7-9-29)20-28(43)21-27-22-35(36(2,3)4)39-41(27)13-12-40-14-16-45-17-15-40/h6-11,22-24H,12-21H2,1-5H3,(H,38,42). The number of Topliss-reactive ketones (excluding diaryl/α,β-unsaturated/α-hetero) is 1. The molecule has 0 atom stereocenters. The molecule has 0 bridgehead atoms. The minimum atomic E-state index is -0.218. The van der Waals surface area contributed by atoms with E-state index >= 15 is 0 Å². The topological polar surface area (TPSA) is 117 Å². The van der Waals surface area contributed by atoms with Crippen molar-refractivity contribution < 1.29 is 28.5 Å². The maximum absolute atomic E-state index is 13.3. The van der Waals surface area contributed by atoms with Crippen molar-refractivity contribution in [2.45, 2.75) is 52.5 Å². The summed E-state index contributed by atoms with van der Waals surface area (Å²) in [6, 6.07) is 15.0. The molecular weight excluding hydrogens is 598 g/mol. The largest absolute Gasteiger partial charge is 0.489 e. The minimum Gasteiger partial charge on any atom is -0.489 e. The number of nitrogens with zero attached hydrogens (tertiary/aromatic N) is 4. The van der Waals surface area contributed by atoms with Crippen LogP contribution < -0.4 is 14.8 Å². The summed E-state index contributed by atoms with van der Waals surface area (Å²) >= 11 is 0. The monoisotopic (exact) mass is 643 g/mol. The summed E-state index contributed by atoms with van der Waals surface area (Å²) in [6.45, 7) is 13.6. The quantitative estimate of drug-likeness (QED) is 0.185. The van der Waals surface area contributed by atoms with Crippen LogP contribution in [-0.2, 0) is 43.9 Å². The van der Waals surface area contributed by atoms with Crippen molar-refractivity contribution in [3.05, 3.63) is 71.7 Å². The van der Waals surface area contributed by atoms with Gasteiger partial charge in [0.2, 0.25) is 5.91 Å². The van der Waals surface area contributed by atoms with Gasteiger partial charge in [-0.05, 0) is 35.9 Å². The van der Waals surface area contributed by atoms with Gasteiger partial charge in [-0.3, -0.25) is 24.2 Å². The number of anilines is 1. The molecule has 11 heteroatoms. The second-order valence-electron chi connectivity index (χ2n) is 12.8. The first-order chi connectivity index (χ1) is 22.6. The summed E-state index contributed by atoms with van der Waals surface area (Å²) in [4.78, 5) is 32.0. The van der Waals surface area contributed by atoms with Gasteiger partial charge in [-0.25, -0.2) is 0 Å². The maximum Gasteiger partial charge on any atom is 0.221 e. The Bertz CT molecular complexity index is 1670. The Labute approximate surface area is 276 Å². The fourth-order valence-corrected chi connectivity index (χ4v) is 5.39. The van der Waals surface area contributed by atoms with Crippen LogP contribution in [0.4, 0.5) is 5.69 Å². The minimum absolute atomic E-state index is 0.108. The molecule has 0 aliphatic carbocycles. The van der Waals surface area contributed by atoms with Gasteiger partial charge in [0.1, 0.15) is 29.6 Å². The van der Waals surface area contributed by atoms with Crippen LogP contribution in [0.25, 0.3) is 10.9 Å². The molecule has 1 fully saturated rings. The van der Waals surface area contributed by atoms with Gasteiger partial charge in [0.05, 0.1) is 43.3 Å². The lowest BCUT2D eigenvalue weighted by Crippen LogP contribution is -2.38. The summed E-state index contributed by atoms with van der Waals surface area (Å²) in [5, 5.41) is 8.44. The van der Waals surface area contributed by atoms with E-state index in [0.29, 0.717) is 54.5 Å². The Morgan fingerprint density at radius 3 is 2.43 bits per heavy atom. The van der Waals surface area contributed by atoms with E-state index in [1.165, 1.54) is 6.92 Å². The molecule has 11 nitrogen and oxygen atoms in total.